The molecular formula is C16H20N4O2. The quantitative estimate of drug-likeness (QED) is 0.776. The van der Waals surface area contributed by atoms with Gasteiger partial charge >= 0.3 is 0 Å². The van der Waals surface area contributed by atoms with Crippen molar-refractivity contribution < 1.29 is 9.84 Å². The van der Waals surface area contributed by atoms with Crippen LogP contribution in [0.4, 0.5) is 5.82 Å². The molecule has 6 heteroatoms. The maximum atomic E-state index is 9.96. The lowest BCUT2D eigenvalue weighted by atomic mass is 10.2. The van der Waals surface area contributed by atoms with Crippen LogP contribution in [-0.2, 0) is 4.74 Å². The molecule has 1 atom stereocenters. The molecule has 2 aromatic heterocycles. The Hall–Kier alpha value is -2.18. The van der Waals surface area contributed by atoms with Crippen LogP contribution in [0, 0.1) is 6.92 Å². The Morgan fingerprint density at radius 2 is 2.14 bits per heavy atom. The van der Waals surface area contributed by atoms with Gasteiger partial charge in [-0.05, 0) is 19.1 Å². The van der Waals surface area contributed by atoms with E-state index in [1.807, 2.05) is 53.7 Å². The van der Waals surface area contributed by atoms with Crippen LogP contribution in [0.3, 0.4) is 0 Å². The molecule has 0 radical (unpaired) electrons. The Bertz CT molecular complexity index is 799. The van der Waals surface area contributed by atoms with Crippen LogP contribution >= 0.6 is 0 Å². The summed E-state index contributed by atoms with van der Waals surface area (Å²) in [5, 5.41) is 15.5. The van der Waals surface area contributed by atoms with Crippen LogP contribution in [-0.4, -0.2) is 53.1 Å². The topological polar surface area (TPSA) is 62.9 Å². The van der Waals surface area contributed by atoms with Crippen LogP contribution in [0.15, 0.2) is 30.3 Å². The number of ether oxygens (including phenoxy) is 1. The van der Waals surface area contributed by atoms with Gasteiger partial charge in [0.15, 0.2) is 5.65 Å². The summed E-state index contributed by atoms with van der Waals surface area (Å²) >= 11 is 0. The molecule has 3 rings (SSSR count). The Morgan fingerprint density at radius 3 is 2.91 bits per heavy atom. The van der Waals surface area contributed by atoms with Gasteiger partial charge < -0.3 is 14.7 Å². The van der Waals surface area contributed by atoms with E-state index in [4.69, 9.17) is 9.72 Å². The Morgan fingerprint density at radius 1 is 1.36 bits per heavy atom. The highest BCUT2D eigenvalue weighted by Gasteiger charge is 2.15. The highest BCUT2D eigenvalue weighted by molar-refractivity contribution is 5.91. The van der Waals surface area contributed by atoms with Crippen LogP contribution in [0.25, 0.3) is 16.6 Å². The number of nitrogens with zero attached hydrogens (tertiary/aromatic N) is 4. The Labute approximate surface area is 128 Å². The molecule has 0 unspecified atom stereocenters. The molecule has 2 heterocycles. The second-order valence-corrected chi connectivity index (χ2v) is 5.50. The predicted molar refractivity (Wildman–Crippen MR) is 86.4 cm³/mol. The third-order valence-electron chi connectivity index (χ3n) is 3.61. The maximum Gasteiger partial charge on any atom is 0.158 e. The number of hydrogen-bond acceptors (Lipinski definition) is 5. The van der Waals surface area contributed by atoms with E-state index in [2.05, 4.69) is 5.10 Å². The fourth-order valence-corrected chi connectivity index (χ4v) is 2.70. The number of anilines is 1. The molecule has 0 saturated carbocycles. The average Bonchev–Trinajstić information content (AvgIpc) is 2.87. The van der Waals surface area contributed by atoms with Crippen molar-refractivity contribution in [2.45, 2.75) is 13.0 Å². The van der Waals surface area contributed by atoms with Crippen molar-refractivity contribution in [2.24, 2.45) is 0 Å². The lowest BCUT2D eigenvalue weighted by molar-refractivity contribution is 0.0694. The van der Waals surface area contributed by atoms with Gasteiger partial charge in [-0.3, -0.25) is 0 Å². The maximum absolute atomic E-state index is 9.96. The third-order valence-corrected chi connectivity index (χ3v) is 3.61. The zero-order valence-corrected chi connectivity index (χ0v) is 13.0. The number of aliphatic hydroxyl groups is 1. The van der Waals surface area contributed by atoms with E-state index in [-0.39, 0.29) is 0 Å². The normalized spacial score (nSPS) is 12.9. The minimum Gasteiger partial charge on any atom is -0.389 e. The van der Waals surface area contributed by atoms with E-state index < -0.39 is 6.10 Å². The minimum absolute atomic E-state index is 0.302. The van der Waals surface area contributed by atoms with Crippen molar-refractivity contribution in [3.63, 3.8) is 0 Å². The molecule has 0 saturated heterocycles. The third kappa shape index (κ3) is 2.63. The molecule has 0 aliphatic carbocycles. The van der Waals surface area contributed by atoms with Crippen molar-refractivity contribution in [2.75, 3.05) is 32.2 Å². The second-order valence-electron chi connectivity index (χ2n) is 5.50. The molecule has 22 heavy (non-hydrogen) atoms. The lowest BCUT2D eigenvalue weighted by Gasteiger charge is -2.23. The number of fused-ring (bicyclic) bond motifs is 3. The molecule has 0 aliphatic heterocycles. The molecule has 1 aromatic carbocycles. The fraction of sp³-hybridized carbons (Fsp3) is 0.375. The van der Waals surface area contributed by atoms with Crippen molar-refractivity contribution in [3.05, 3.63) is 36.0 Å². The van der Waals surface area contributed by atoms with Crippen molar-refractivity contribution >= 4 is 22.4 Å². The van der Waals surface area contributed by atoms with Gasteiger partial charge in [0.1, 0.15) is 5.82 Å². The number of rotatable bonds is 5. The summed E-state index contributed by atoms with van der Waals surface area (Å²) in [5.74, 6) is 0.832. The molecule has 0 amide bonds. The highest BCUT2D eigenvalue weighted by atomic mass is 16.5. The largest absolute Gasteiger partial charge is 0.389 e. The first-order valence-corrected chi connectivity index (χ1v) is 7.23. The first-order valence-electron chi connectivity index (χ1n) is 7.23. The van der Waals surface area contributed by atoms with E-state index in [0.717, 1.165) is 28.1 Å². The zero-order chi connectivity index (χ0) is 15.7. The van der Waals surface area contributed by atoms with Crippen LogP contribution in [0.2, 0.25) is 0 Å². The van der Waals surface area contributed by atoms with Gasteiger partial charge in [0.25, 0.3) is 0 Å². The number of likely N-dealkylation sites (N-methyl/N-ethyl adjacent to an activating group) is 1. The predicted octanol–water partition coefficient (Wildman–Crippen LogP) is 1.63. The van der Waals surface area contributed by atoms with Crippen LogP contribution in [0.5, 0.6) is 0 Å². The summed E-state index contributed by atoms with van der Waals surface area (Å²) in [6, 6.07) is 9.97. The van der Waals surface area contributed by atoms with Crippen molar-refractivity contribution in [1.29, 1.82) is 0 Å². The number of methoxy groups -OCH3 is 1. The van der Waals surface area contributed by atoms with Gasteiger partial charge in [0.05, 0.1) is 23.9 Å². The summed E-state index contributed by atoms with van der Waals surface area (Å²) < 4.78 is 6.84. The first kappa shape index (κ1) is 14.7. The highest BCUT2D eigenvalue weighted by Crippen LogP contribution is 2.25. The number of aryl methyl sites for hydroxylation is 1. The lowest BCUT2D eigenvalue weighted by Crippen LogP contribution is -2.32. The molecular weight excluding hydrogens is 280 g/mol. The average molecular weight is 300 g/mol. The summed E-state index contributed by atoms with van der Waals surface area (Å²) in [6.07, 6.45) is -0.557. The molecule has 3 aromatic rings. The molecule has 0 aliphatic rings. The van der Waals surface area contributed by atoms with E-state index in [1.54, 1.807) is 7.11 Å². The van der Waals surface area contributed by atoms with Crippen LogP contribution in [0.1, 0.15) is 5.69 Å². The zero-order valence-electron chi connectivity index (χ0n) is 13.0. The summed E-state index contributed by atoms with van der Waals surface area (Å²) in [5.41, 5.74) is 2.74. The number of para-hydroxylation sites is 1. The number of aliphatic hydroxyl groups excluding tert-OH is 1. The van der Waals surface area contributed by atoms with Gasteiger partial charge in [-0.2, -0.15) is 5.10 Å². The Kier molecular flexibility index (Phi) is 3.96. The van der Waals surface area contributed by atoms with Gasteiger partial charge in [0.2, 0.25) is 0 Å². The number of benzene rings is 1. The van der Waals surface area contributed by atoms with Gasteiger partial charge in [-0.1, -0.05) is 12.1 Å². The van der Waals surface area contributed by atoms with E-state index in [0.29, 0.717) is 13.2 Å². The molecule has 1 N–H and O–H groups in total. The van der Waals surface area contributed by atoms with Gasteiger partial charge in [0, 0.05) is 32.2 Å². The summed E-state index contributed by atoms with van der Waals surface area (Å²) in [7, 11) is 3.51. The standard InChI is InChI=1S/C16H20N4O2/c1-11-8-15-17-16(19(2)9-12(21)10-22-3)13-6-4-5-7-14(13)20(15)18-11/h4-8,12,21H,9-10H2,1-3H3/t12-/m1/s1. The summed E-state index contributed by atoms with van der Waals surface area (Å²) in [6.45, 7) is 2.71. The molecule has 0 fully saturated rings. The minimum atomic E-state index is -0.557. The number of hydrogen-bond donors (Lipinski definition) is 1. The van der Waals surface area contributed by atoms with Gasteiger partial charge in [-0.25, -0.2) is 9.50 Å². The molecule has 0 spiro atoms. The molecule has 116 valence electrons. The molecule has 6 nitrogen and oxygen atoms in total. The van der Waals surface area contributed by atoms with E-state index >= 15 is 0 Å². The SMILES string of the molecule is COC[C@H](O)CN(C)c1nc2cc(C)nn2c2ccccc12. The number of aromatic nitrogens is 3. The first-order chi connectivity index (χ1) is 10.6. The van der Waals surface area contributed by atoms with E-state index in [9.17, 15) is 5.11 Å². The van der Waals surface area contributed by atoms with Crippen molar-refractivity contribution in [3.8, 4) is 0 Å². The Balaban J connectivity index is 2.10. The van der Waals surface area contributed by atoms with Crippen molar-refractivity contribution in [1.82, 2.24) is 14.6 Å². The fourth-order valence-electron chi connectivity index (χ4n) is 2.70. The molecule has 0 bridgehead atoms. The second kappa shape index (κ2) is 5.90. The van der Waals surface area contributed by atoms with Gasteiger partial charge in [-0.15, -0.1) is 0 Å². The van der Waals surface area contributed by atoms with E-state index in [1.165, 1.54) is 0 Å². The smallest absolute Gasteiger partial charge is 0.158 e. The van der Waals surface area contributed by atoms with Crippen LogP contribution < -0.4 is 4.90 Å². The monoisotopic (exact) mass is 300 g/mol. The summed E-state index contributed by atoms with van der Waals surface area (Å²) in [4.78, 5) is 6.66.